The molecule has 0 spiro atoms. The molecular weight excluding hydrogens is 214 g/mol. The zero-order chi connectivity index (χ0) is 11.3. The summed E-state index contributed by atoms with van der Waals surface area (Å²) in [6.07, 6.45) is 2.17. The highest BCUT2D eigenvalue weighted by atomic mass is 32.1. The minimum Gasteiger partial charge on any atom is -0.467 e. The molecule has 1 heterocycles. The topological polar surface area (TPSA) is 64.1 Å². The maximum Gasteiger partial charge on any atom is 0.328 e. The van der Waals surface area contributed by atoms with Gasteiger partial charge in [-0.25, -0.2) is 9.78 Å². The summed E-state index contributed by atoms with van der Waals surface area (Å²) in [6, 6.07) is -0.344. The molecule has 0 amide bonds. The molecule has 1 unspecified atom stereocenters. The standard InChI is InChI=1S/C9H15N3O2S/c1-6(2)4-7(8(13)14-3)12-9-10-5-11-15-9/h5-7H,4H2,1-3H3,(H,10,11,12). The van der Waals surface area contributed by atoms with Gasteiger partial charge in [-0.2, -0.15) is 4.37 Å². The first-order valence-corrected chi connectivity index (χ1v) is 5.52. The van der Waals surface area contributed by atoms with Crippen molar-refractivity contribution in [1.82, 2.24) is 9.36 Å². The minimum absolute atomic E-state index is 0.265. The zero-order valence-electron chi connectivity index (χ0n) is 9.06. The zero-order valence-corrected chi connectivity index (χ0v) is 9.87. The van der Waals surface area contributed by atoms with Gasteiger partial charge in [-0.1, -0.05) is 13.8 Å². The number of methoxy groups -OCH3 is 1. The summed E-state index contributed by atoms with van der Waals surface area (Å²) in [5.41, 5.74) is 0. The first kappa shape index (κ1) is 11.9. The fourth-order valence-electron chi connectivity index (χ4n) is 1.21. The Morgan fingerprint density at radius 1 is 1.67 bits per heavy atom. The van der Waals surface area contributed by atoms with Crippen molar-refractivity contribution in [3.8, 4) is 0 Å². The molecular formula is C9H15N3O2S. The van der Waals surface area contributed by atoms with Crippen LogP contribution in [0.5, 0.6) is 0 Å². The van der Waals surface area contributed by atoms with E-state index in [-0.39, 0.29) is 12.0 Å². The molecule has 0 radical (unpaired) electrons. The molecule has 0 bridgehead atoms. The Hall–Kier alpha value is -1.17. The van der Waals surface area contributed by atoms with E-state index in [4.69, 9.17) is 4.74 Å². The lowest BCUT2D eigenvalue weighted by atomic mass is 10.0. The van der Waals surface area contributed by atoms with Crippen LogP contribution in [0.3, 0.4) is 0 Å². The second-order valence-electron chi connectivity index (χ2n) is 3.60. The van der Waals surface area contributed by atoms with E-state index >= 15 is 0 Å². The molecule has 1 rings (SSSR count). The van der Waals surface area contributed by atoms with Crippen molar-refractivity contribution < 1.29 is 9.53 Å². The van der Waals surface area contributed by atoms with Crippen LogP contribution < -0.4 is 5.32 Å². The monoisotopic (exact) mass is 229 g/mol. The van der Waals surface area contributed by atoms with E-state index < -0.39 is 0 Å². The number of ether oxygens (including phenoxy) is 1. The van der Waals surface area contributed by atoms with Gasteiger partial charge in [0.2, 0.25) is 5.13 Å². The van der Waals surface area contributed by atoms with Crippen LogP contribution in [0.4, 0.5) is 5.13 Å². The molecule has 1 atom stereocenters. The van der Waals surface area contributed by atoms with Crippen LogP contribution in [0.15, 0.2) is 6.33 Å². The van der Waals surface area contributed by atoms with Crippen LogP contribution >= 0.6 is 11.5 Å². The van der Waals surface area contributed by atoms with Crippen molar-refractivity contribution in [3.63, 3.8) is 0 Å². The fraction of sp³-hybridized carbons (Fsp3) is 0.667. The van der Waals surface area contributed by atoms with E-state index in [1.165, 1.54) is 25.0 Å². The summed E-state index contributed by atoms with van der Waals surface area (Å²) in [7, 11) is 1.39. The molecule has 1 N–H and O–H groups in total. The lowest BCUT2D eigenvalue weighted by molar-refractivity contribution is -0.141. The van der Waals surface area contributed by atoms with Gasteiger partial charge in [0, 0.05) is 11.5 Å². The van der Waals surface area contributed by atoms with E-state index in [0.717, 1.165) is 0 Å². The Bertz CT molecular complexity index is 300. The number of anilines is 1. The van der Waals surface area contributed by atoms with E-state index in [1.54, 1.807) is 0 Å². The second-order valence-corrected chi connectivity index (χ2v) is 4.38. The highest BCUT2D eigenvalue weighted by molar-refractivity contribution is 7.09. The van der Waals surface area contributed by atoms with E-state index in [1.807, 2.05) is 0 Å². The first-order valence-electron chi connectivity index (χ1n) is 4.74. The number of nitrogens with one attached hydrogen (secondary N) is 1. The van der Waals surface area contributed by atoms with Gasteiger partial charge < -0.3 is 10.1 Å². The highest BCUT2D eigenvalue weighted by Crippen LogP contribution is 2.14. The van der Waals surface area contributed by atoms with Gasteiger partial charge in [-0.15, -0.1) is 0 Å². The normalized spacial score (nSPS) is 12.5. The van der Waals surface area contributed by atoms with Gasteiger partial charge in [0.25, 0.3) is 0 Å². The van der Waals surface area contributed by atoms with Crippen LogP contribution in [0.2, 0.25) is 0 Å². The van der Waals surface area contributed by atoms with E-state index in [2.05, 4.69) is 28.5 Å². The smallest absolute Gasteiger partial charge is 0.328 e. The molecule has 0 aliphatic heterocycles. The Kier molecular flexibility index (Phi) is 4.48. The molecule has 6 heteroatoms. The summed E-state index contributed by atoms with van der Waals surface area (Å²) in [6.45, 7) is 4.11. The Balaban J connectivity index is 2.60. The quantitative estimate of drug-likeness (QED) is 0.776. The molecule has 0 aliphatic carbocycles. The largest absolute Gasteiger partial charge is 0.467 e. The summed E-state index contributed by atoms with van der Waals surface area (Å²) < 4.78 is 8.57. The molecule has 0 saturated heterocycles. The Morgan fingerprint density at radius 3 is 2.87 bits per heavy atom. The van der Waals surface area contributed by atoms with Crippen molar-refractivity contribution in [2.75, 3.05) is 12.4 Å². The molecule has 15 heavy (non-hydrogen) atoms. The molecule has 0 saturated carbocycles. The van der Waals surface area contributed by atoms with Crippen LogP contribution in [0, 0.1) is 5.92 Å². The van der Waals surface area contributed by atoms with Gasteiger partial charge in [0.15, 0.2) is 0 Å². The van der Waals surface area contributed by atoms with Crippen molar-refractivity contribution in [2.45, 2.75) is 26.3 Å². The van der Waals surface area contributed by atoms with Gasteiger partial charge in [0.1, 0.15) is 12.4 Å². The average Bonchev–Trinajstić information content (AvgIpc) is 2.67. The first-order chi connectivity index (χ1) is 7.13. The van der Waals surface area contributed by atoms with Crippen molar-refractivity contribution in [3.05, 3.63) is 6.33 Å². The maximum absolute atomic E-state index is 11.4. The van der Waals surface area contributed by atoms with E-state index in [0.29, 0.717) is 17.5 Å². The van der Waals surface area contributed by atoms with Crippen LogP contribution in [0.1, 0.15) is 20.3 Å². The fourth-order valence-corrected chi connectivity index (χ4v) is 1.70. The SMILES string of the molecule is COC(=O)C(CC(C)C)Nc1ncns1. The molecule has 5 nitrogen and oxygen atoms in total. The third-order valence-electron chi connectivity index (χ3n) is 1.85. The molecule has 0 fully saturated rings. The van der Waals surface area contributed by atoms with Crippen molar-refractivity contribution >= 4 is 22.6 Å². The van der Waals surface area contributed by atoms with Crippen LogP contribution in [0.25, 0.3) is 0 Å². The molecule has 84 valence electrons. The molecule has 0 aromatic carbocycles. The summed E-state index contributed by atoms with van der Waals surface area (Å²) in [5.74, 6) is 0.147. The third kappa shape index (κ3) is 3.83. The van der Waals surface area contributed by atoms with Crippen LogP contribution in [-0.4, -0.2) is 28.5 Å². The van der Waals surface area contributed by atoms with Gasteiger partial charge in [-0.05, 0) is 12.3 Å². The molecule has 0 aliphatic rings. The lowest BCUT2D eigenvalue weighted by Gasteiger charge is -2.17. The Labute approximate surface area is 93.0 Å². The van der Waals surface area contributed by atoms with Crippen LogP contribution in [-0.2, 0) is 9.53 Å². The number of nitrogens with zero attached hydrogens (tertiary/aromatic N) is 2. The summed E-state index contributed by atoms with van der Waals surface area (Å²) in [5, 5.41) is 3.66. The summed E-state index contributed by atoms with van der Waals surface area (Å²) >= 11 is 1.23. The van der Waals surface area contributed by atoms with Crippen molar-refractivity contribution in [2.24, 2.45) is 5.92 Å². The van der Waals surface area contributed by atoms with Gasteiger partial charge in [0.05, 0.1) is 7.11 Å². The predicted octanol–water partition coefficient (Wildman–Crippen LogP) is 1.54. The van der Waals surface area contributed by atoms with Gasteiger partial charge >= 0.3 is 5.97 Å². The average molecular weight is 229 g/mol. The molecule has 1 aromatic heterocycles. The van der Waals surface area contributed by atoms with Gasteiger partial charge in [-0.3, -0.25) is 0 Å². The maximum atomic E-state index is 11.4. The third-order valence-corrected chi connectivity index (χ3v) is 2.45. The highest BCUT2D eigenvalue weighted by Gasteiger charge is 2.21. The van der Waals surface area contributed by atoms with Crippen molar-refractivity contribution in [1.29, 1.82) is 0 Å². The number of aromatic nitrogens is 2. The Morgan fingerprint density at radius 2 is 2.40 bits per heavy atom. The lowest BCUT2D eigenvalue weighted by Crippen LogP contribution is -2.31. The summed E-state index contributed by atoms with van der Waals surface area (Å²) in [4.78, 5) is 15.4. The van der Waals surface area contributed by atoms with E-state index in [9.17, 15) is 4.79 Å². The number of hydrogen-bond acceptors (Lipinski definition) is 6. The predicted molar refractivity (Wildman–Crippen MR) is 58.8 cm³/mol. The second kappa shape index (κ2) is 5.65. The number of hydrogen-bond donors (Lipinski definition) is 1. The molecule has 1 aromatic rings. The number of rotatable bonds is 5. The number of esters is 1. The number of carbonyl (C=O) groups excluding carboxylic acids is 1. The minimum atomic E-state index is -0.344. The number of carbonyl (C=O) groups is 1.